The summed E-state index contributed by atoms with van der Waals surface area (Å²) in [7, 11) is 6.48. The summed E-state index contributed by atoms with van der Waals surface area (Å²) in [4.78, 5) is 0. The Morgan fingerprint density at radius 1 is 1.00 bits per heavy atom. The van der Waals surface area contributed by atoms with E-state index in [1.807, 2.05) is 0 Å². The molecule has 0 amide bonds. The first-order chi connectivity index (χ1) is 13.9. The van der Waals surface area contributed by atoms with Crippen LogP contribution in [0.25, 0.3) is 0 Å². The van der Waals surface area contributed by atoms with Crippen LogP contribution in [0.15, 0.2) is 0 Å². The van der Waals surface area contributed by atoms with Gasteiger partial charge in [-0.3, -0.25) is 0 Å². The van der Waals surface area contributed by atoms with E-state index in [0.717, 1.165) is 46.8 Å². The highest BCUT2D eigenvalue weighted by molar-refractivity contribution is 6.14. The number of rotatable bonds is 10. The minimum absolute atomic E-state index is 0.123. The molecule has 0 aromatic carbocycles. The fourth-order valence-corrected chi connectivity index (χ4v) is 8.36. The Balaban J connectivity index is 1.23. The molecule has 29 heavy (non-hydrogen) atoms. The van der Waals surface area contributed by atoms with Gasteiger partial charge in [0.15, 0.2) is 0 Å². The second-order valence-corrected chi connectivity index (χ2v) is 12.8. The van der Waals surface area contributed by atoms with E-state index in [9.17, 15) is 0 Å². The predicted octanol–water partition coefficient (Wildman–Crippen LogP) is 8.60. The smallest absolute Gasteiger partial charge is 0.0686 e. The van der Waals surface area contributed by atoms with Crippen molar-refractivity contribution in [3.05, 3.63) is 0 Å². The van der Waals surface area contributed by atoms with Gasteiger partial charge in [0.25, 0.3) is 0 Å². The Bertz CT molecular complexity index is 530. The lowest BCUT2D eigenvalue weighted by molar-refractivity contribution is -0.119. The van der Waals surface area contributed by atoms with E-state index in [2.05, 4.69) is 27.7 Å². The van der Waals surface area contributed by atoms with E-state index in [1.54, 1.807) is 32.1 Å². The fraction of sp³-hybridized carbons (Fsp3) is 1.00. The summed E-state index contributed by atoms with van der Waals surface area (Å²) in [6, 6.07) is 0. The van der Waals surface area contributed by atoms with E-state index in [0.29, 0.717) is 0 Å². The Kier molecular flexibility index (Phi) is 6.83. The molecule has 0 aliphatic heterocycles. The van der Waals surface area contributed by atoms with E-state index < -0.39 is 0 Å². The van der Waals surface area contributed by atoms with Gasteiger partial charge in [0.2, 0.25) is 0 Å². The lowest BCUT2D eigenvalue weighted by Crippen LogP contribution is -2.52. The van der Waals surface area contributed by atoms with Crippen molar-refractivity contribution in [1.29, 1.82) is 0 Å². The summed E-state index contributed by atoms with van der Waals surface area (Å²) in [5, 5.41) is 0.123. The van der Waals surface area contributed by atoms with Crippen LogP contribution in [0.2, 0.25) is 5.31 Å². The van der Waals surface area contributed by atoms with Crippen LogP contribution in [0.4, 0.5) is 0 Å². The van der Waals surface area contributed by atoms with Gasteiger partial charge >= 0.3 is 0 Å². The average Bonchev–Trinajstić information content (AvgIpc) is 3.35. The van der Waals surface area contributed by atoms with Gasteiger partial charge in [-0.2, -0.15) is 0 Å². The molecule has 4 fully saturated rings. The molecule has 0 saturated heterocycles. The van der Waals surface area contributed by atoms with Crippen molar-refractivity contribution in [3.8, 4) is 0 Å². The lowest BCUT2D eigenvalue weighted by atomic mass is 9.43. The molecule has 7 unspecified atom stereocenters. The maximum Gasteiger partial charge on any atom is 0.0742 e. The summed E-state index contributed by atoms with van der Waals surface area (Å²) in [5.41, 5.74) is 0.808. The summed E-state index contributed by atoms with van der Waals surface area (Å²) < 4.78 is 0. The third-order valence-corrected chi connectivity index (χ3v) is 10.5. The van der Waals surface area contributed by atoms with Crippen LogP contribution in [-0.4, -0.2) is 7.85 Å². The Morgan fingerprint density at radius 2 is 1.76 bits per heavy atom. The van der Waals surface area contributed by atoms with Gasteiger partial charge in [-0.15, -0.1) is 0 Å². The molecule has 164 valence electrons. The molecule has 0 nitrogen and oxygen atoms in total. The molecule has 0 aromatic heterocycles. The van der Waals surface area contributed by atoms with Gasteiger partial charge in [0, 0.05) is 0 Å². The summed E-state index contributed by atoms with van der Waals surface area (Å²) in [6.45, 7) is 9.65. The molecule has 4 saturated carbocycles. The van der Waals surface area contributed by atoms with E-state index in [4.69, 9.17) is 7.85 Å². The highest BCUT2D eigenvalue weighted by atomic mass is 14.6. The van der Waals surface area contributed by atoms with E-state index >= 15 is 0 Å². The third-order valence-electron chi connectivity index (χ3n) is 10.5. The van der Waals surface area contributed by atoms with Crippen LogP contribution in [-0.2, 0) is 0 Å². The normalized spacial score (nSPS) is 46.0. The summed E-state index contributed by atoms with van der Waals surface area (Å²) in [5.74, 6) is 7.26. The first-order valence-corrected chi connectivity index (χ1v) is 13.6. The molecule has 1 heteroatoms. The van der Waals surface area contributed by atoms with Gasteiger partial charge in [0.1, 0.15) is 0 Å². The molecule has 7 atom stereocenters. The molecule has 2 radical (unpaired) electrons. The predicted molar refractivity (Wildman–Crippen MR) is 127 cm³/mol. The maximum absolute atomic E-state index is 6.48. The van der Waals surface area contributed by atoms with Crippen LogP contribution in [0, 0.1) is 46.8 Å². The lowest BCUT2D eigenvalue weighted by Gasteiger charge is -2.62. The minimum atomic E-state index is 0.123. The largest absolute Gasteiger partial charge is 0.0742 e. The maximum atomic E-state index is 6.48. The van der Waals surface area contributed by atoms with Crippen LogP contribution in [0.3, 0.4) is 0 Å². The van der Waals surface area contributed by atoms with Crippen molar-refractivity contribution in [3.63, 3.8) is 0 Å². The number of hydrogen-bond acceptors (Lipinski definition) is 0. The Labute approximate surface area is 184 Å². The second kappa shape index (κ2) is 8.90. The van der Waals surface area contributed by atoms with Crippen molar-refractivity contribution in [2.75, 3.05) is 0 Å². The zero-order chi connectivity index (χ0) is 20.6. The Hall–Kier alpha value is 0.0649. The molecule has 4 aliphatic rings. The molecule has 1 spiro atoms. The van der Waals surface area contributed by atoms with Crippen molar-refractivity contribution in [1.82, 2.24) is 0 Å². The minimum Gasteiger partial charge on any atom is -0.0686 e. The van der Waals surface area contributed by atoms with E-state index in [1.165, 1.54) is 64.2 Å². The average molecular weight is 397 g/mol. The Morgan fingerprint density at radius 3 is 2.31 bits per heavy atom. The third kappa shape index (κ3) is 4.95. The first kappa shape index (κ1) is 22.3. The standard InChI is InChI=1S/C28H49B/c1-5-8-23(26-15-20(26)3)16-25-12-14-28(25)18-24(19-28)22(6-2)11-10-21-9-7-13-27(4,29)17-21/h20-26H,5-19H2,1-4H3. The van der Waals surface area contributed by atoms with Crippen molar-refractivity contribution in [2.24, 2.45) is 46.8 Å². The molecule has 0 bridgehead atoms. The summed E-state index contributed by atoms with van der Waals surface area (Å²) in [6.07, 6.45) is 22.0. The molecular weight excluding hydrogens is 347 g/mol. The zero-order valence-electron chi connectivity index (χ0n) is 20.2. The second-order valence-electron chi connectivity index (χ2n) is 12.8. The van der Waals surface area contributed by atoms with Crippen LogP contribution < -0.4 is 0 Å². The summed E-state index contributed by atoms with van der Waals surface area (Å²) >= 11 is 0. The van der Waals surface area contributed by atoms with Crippen molar-refractivity contribution < 1.29 is 0 Å². The molecular formula is C28H49B. The quantitative estimate of drug-likeness (QED) is 0.324. The molecule has 4 aliphatic carbocycles. The number of hydrogen-bond donors (Lipinski definition) is 0. The molecule has 4 rings (SSSR count). The van der Waals surface area contributed by atoms with Gasteiger partial charge in [-0.05, 0) is 91.8 Å². The van der Waals surface area contributed by atoms with Gasteiger partial charge in [0.05, 0.1) is 7.85 Å². The van der Waals surface area contributed by atoms with Crippen molar-refractivity contribution >= 4 is 7.85 Å². The SMILES string of the molecule is [B]C1(C)CCCC(CCC(CC)C2CC3(CCC3CC(CCC)C3CC3C)C2)C1. The first-order valence-electron chi connectivity index (χ1n) is 13.6. The zero-order valence-corrected chi connectivity index (χ0v) is 20.2. The highest BCUT2D eigenvalue weighted by Crippen LogP contribution is 2.66. The van der Waals surface area contributed by atoms with Crippen molar-refractivity contribution in [2.45, 2.75) is 129 Å². The van der Waals surface area contributed by atoms with Gasteiger partial charge in [-0.25, -0.2) is 0 Å². The van der Waals surface area contributed by atoms with Crippen LogP contribution in [0.5, 0.6) is 0 Å². The fourth-order valence-electron chi connectivity index (χ4n) is 8.36. The highest BCUT2D eigenvalue weighted by Gasteiger charge is 2.56. The van der Waals surface area contributed by atoms with Crippen LogP contribution in [0.1, 0.15) is 124 Å². The topological polar surface area (TPSA) is 0 Å². The molecule has 0 N–H and O–H groups in total. The van der Waals surface area contributed by atoms with E-state index in [-0.39, 0.29) is 5.31 Å². The van der Waals surface area contributed by atoms with Gasteiger partial charge < -0.3 is 0 Å². The molecule has 0 heterocycles. The van der Waals surface area contributed by atoms with Crippen LogP contribution >= 0.6 is 0 Å². The van der Waals surface area contributed by atoms with Gasteiger partial charge in [-0.1, -0.05) is 84.4 Å². The monoisotopic (exact) mass is 396 g/mol. The molecule has 0 aromatic rings.